The van der Waals surface area contributed by atoms with E-state index in [0.717, 1.165) is 23.3 Å². The van der Waals surface area contributed by atoms with Crippen LogP contribution in [-0.2, 0) is 59.9 Å². The van der Waals surface area contributed by atoms with Crippen LogP contribution in [0.5, 0.6) is 5.75 Å². The summed E-state index contributed by atoms with van der Waals surface area (Å²) in [6.07, 6.45) is 0.767. The van der Waals surface area contributed by atoms with Crippen molar-refractivity contribution in [3.63, 3.8) is 0 Å². The van der Waals surface area contributed by atoms with Gasteiger partial charge in [0.2, 0.25) is 23.8 Å². The first-order valence-electron chi connectivity index (χ1n) is 39.2. The van der Waals surface area contributed by atoms with Gasteiger partial charge in [-0.2, -0.15) is 130 Å². The smallest absolute Gasteiger partial charge is 0.296 e. The van der Waals surface area contributed by atoms with Crippen LogP contribution in [0.25, 0.3) is 0 Å². The zero-order chi connectivity index (χ0) is 92.1. The topological polar surface area (TPSA) is 570 Å². The average Bonchev–Trinajstić information content (AvgIpc) is 0.814. The molecule has 2 heterocycles. The zero-order valence-electron chi connectivity index (χ0n) is 69.0. The van der Waals surface area contributed by atoms with E-state index in [2.05, 4.69) is 103 Å². The molecule has 0 saturated heterocycles. The van der Waals surface area contributed by atoms with E-state index in [9.17, 15) is 57.0 Å². The fraction of sp³-hybridized carbons (Fsp3) is 0.103. The number of methoxy groups -OCH3 is 1. The highest BCUT2D eigenvalue weighted by Gasteiger charge is 2.22. The van der Waals surface area contributed by atoms with Crippen molar-refractivity contribution < 1.29 is 61.7 Å². The zero-order valence-corrected chi connectivity index (χ0v) is 72.3. The van der Waals surface area contributed by atoms with Crippen LogP contribution in [0.15, 0.2) is 368 Å². The molecular formula is C87H74N26O14S4. The molecule has 0 aliphatic carbocycles. The molecule has 0 spiro atoms. The Labute approximate surface area is 748 Å². The summed E-state index contributed by atoms with van der Waals surface area (Å²) in [6.45, 7) is 3.73. The number of aryl methyl sites for hydroxylation is 2. The van der Waals surface area contributed by atoms with Crippen LogP contribution in [0.3, 0.4) is 0 Å². The number of aromatic nitrogens is 6. The van der Waals surface area contributed by atoms with E-state index in [-0.39, 0.29) is 88.0 Å². The molecule has 0 fully saturated rings. The fourth-order valence-corrected chi connectivity index (χ4v) is 14.4. The second-order valence-corrected chi connectivity index (χ2v) is 33.8. The van der Waals surface area contributed by atoms with Crippen LogP contribution < -0.4 is 26.0 Å². The third-order valence-electron chi connectivity index (χ3n) is 18.6. The molecule has 0 aliphatic heterocycles. The van der Waals surface area contributed by atoms with Crippen LogP contribution in [-0.4, -0.2) is 107 Å². The van der Waals surface area contributed by atoms with Crippen molar-refractivity contribution in [2.75, 3.05) is 41.5 Å². The van der Waals surface area contributed by atoms with Gasteiger partial charge in [-0.1, -0.05) is 54.6 Å². The molecular weight excluding hydrogens is 1760 g/mol. The van der Waals surface area contributed by atoms with E-state index >= 15 is 0 Å². The lowest BCUT2D eigenvalue weighted by Crippen LogP contribution is -2.15. The predicted octanol–water partition coefficient (Wildman–Crippen LogP) is 23.1. The van der Waals surface area contributed by atoms with Crippen molar-refractivity contribution in [3.05, 3.63) is 306 Å². The van der Waals surface area contributed by atoms with Crippen LogP contribution in [0.2, 0.25) is 0 Å². The summed E-state index contributed by atoms with van der Waals surface area (Å²) in [4.78, 5) is 27.2. The Kier molecular flexibility index (Phi) is 29.0. The van der Waals surface area contributed by atoms with Gasteiger partial charge in [0.15, 0.2) is 0 Å². The minimum Gasteiger partial charge on any atom is -0.496 e. The number of anilines is 6. The van der Waals surface area contributed by atoms with Gasteiger partial charge in [-0.3, -0.25) is 18.2 Å². The largest absolute Gasteiger partial charge is 0.496 e. The monoisotopic (exact) mass is 1830 g/mol. The Hall–Kier alpha value is -15.9. The number of nitrogens with zero attached hydrogens (tertiary/aromatic N) is 22. The number of hydrogen-bond acceptors (Lipinski definition) is 36. The van der Waals surface area contributed by atoms with E-state index in [4.69, 9.17) is 34.6 Å². The van der Waals surface area contributed by atoms with Gasteiger partial charge in [0.1, 0.15) is 38.6 Å². The molecule has 0 atom stereocenters. The van der Waals surface area contributed by atoms with Crippen molar-refractivity contribution in [2.45, 2.75) is 59.3 Å². The lowest BCUT2D eigenvalue weighted by Gasteiger charge is -2.14. The number of nitrogens with one attached hydrogen (secondary N) is 4. The summed E-state index contributed by atoms with van der Waals surface area (Å²) in [5.41, 5.74) is 9.30. The maximum absolute atomic E-state index is 12.7. The van der Waals surface area contributed by atoms with Crippen molar-refractivity contribution in [1.82, 2.24) is 29.9 Å². The van der Waals surface area contributed by atoms with Crippen LogP contribution >= 0.6 is 0 Å². The normalized spacial score (nSPS) is 12.3. The van der Waals surface area contributed by atoms with Gasteiger partial charge in [0.05, 0.1) is 103 Å². The summed E-state index contributed by atoms with van der Waals surface area (Å²) in [6, 6.07) is 69.9. The van der Waals surface area contributed by atoms with E-state index in [1.165, 1.54) is 79.9 Å². The van der Waals surface area contributed by atoms with Gasteiger partial charge < -0.3 is 31.1 Å². The summed E-state index contributed by atoms with van der Waals surface area (Å²) in [5.74, 6) is 1.54. The number of ether oxygens (including phenoxy) is 1. The Morgan fingerprint density at radius 3 is 1.14 bits per heavy atom. The highest BCUT2D eigenvalue weighted by molar-refractivity contribution is 7.86. The molecule has 660 valence electrons. The molecule has 0 unspecified atom stereocenters. The predicted molar refractivity (Wildman–Crippen MR) is 485 cm³/mol. The highest BCUT2D eigenvalue weighted by atomic mass is 32.2. The third kappa shape index (κ3) is 26.1. The minimum absolute atomic E-state index is 0.0390. The second kappa shape index (κ2) is 41.7. The lowest BCUT2D eigenvalue weighted by atomic mass is 10.1. The highest BCUT2D eigenvalue weighted by Crippen LogP contribution is 2.38. The lowest BCUT2D eigenvalue weighted by molar-refractivity contribution is 0.282. The summed E-state index contributed by atoms with van der Waals surface area (Å²) < 4.78 is 141. The van der Waals surface area contributed by atoms with E-state index in [1.807, 2.05) is 37.3 Å². The third-order valence-corrected chi connectivity index (χ3v) is 22.1. The van der Waals surface area contributed by atoms with Crippen molar-refractivity contribution >= 4 is 167 Å². The molecule has 12 aromatic carbocycles. The molecule has 14 rings (SSSR count). The minimum atomic E-state index is -4.81. The first kappa shape index (κ1) is 91.3. The van der Waals surface area contributed by atoms with E-state index in [0.29, 0.717) is 114 Å². The van der Waals surface area contributed by atoms with Crippen LogP contribution in [0, 0.1) is 13.8 Å². The van der Waals surface area contributed by atoms with Gasteiger partial charge in [-0.15, -0.1) is 10.2 Å². The average molecular weight is 1840 g/mol. The van der Waals surface area contributed by atoms with Gasteiger partial charge in [0.25, 0.3) is 40.5 Å². The molecule has 40 nitrogen and oxygen atoms in total. The standard InChI is InChI=1S/C87H74N26O14S4/c1-54-45-56(15-38-74(54)110-105-64-24-22-62(23-25-64)101-103-66-28-36-73(37-29-66)129(118,119)120)47-82-92-83(49-57-16-17-69(50-79(57)127-3)109-112-77-41-32-70(51-80(77)130(121,122)123)107-98-59-11-6-4-7-12-59)94-84(93-82)88-43-10-44-89-85-95-86(90-67-30-39-75(55(2)46-67)111-113-78-42-33-71(52-81(78)131(124,125)126)108-99-60-13-8-5-9-14-60)97-87(96-85)91-76-40-31-68(48-58(76)53-114)106-104-63-20-18-61(19-21-63)100-102-65-26-34-72(35-27-65)128(115,116)117/h4-9,11-42,45-46,48,50-52,114H,10,43-44,47,49,53H2,1-3H3,(H,115,116,117)(H,118,119,120)(H,121,122,123)(H,124,125,126)(H,88,92,93,94)(H3,89,90,91,95,96,97). The number of aliphatic hydroxyl groups is 1. The number of hydrogen-bond donors (Lipinski definition) is 9. The Bertz CT molecular complexity index is 7300. The van der Waals surface area contributed by atoms with Crippen molar-refractivity contribution in [3.8, 4) is 5.75 Å². The van der Waals surface area contributed by atoms with Crippen molar-refractivity contribution in [1.29, 1.82) is 0 Å². The molecule has 44 heteroatoms. The van der Waals surface area contributed by atoms with Gasteiger partial charge in [-0.25, -0.2) is 4.98 Å². The number of azo groups is 8. The van der Waals surface area contributed by atoms with Gasteiger partial charge in [0, 0.05) is 54.5 Å². The second-order valence-electron chi connectivity index (χ2n) is 28.2. The quantitative estimate of drug-likeness (QED) is 0.0100. The molecule has 0 bridgehead atoms. The van der Waals surface area contributed by atoms with Crippen LogP contribution in [0.1, 0.15) is 45.9 Å². The Balaban J connectivity index is 0.698. The number of rotatable bonds is 36. The number of benzene rings is 12. The van der Waals surface area contributed by atoms with Gasteiger partial charge >= 0.3 is 0 Å². The molecule has 9 N–H and O–H groups in total. The number of aliphatic hydroxyl groups excluding tert-OH is 1. The SMILES string of the molecule is COc1cc(N=Nc2ccc(N=Nc3ccccc3)cc2S(=O)(=O)O)ccc1Cc1nc(Cc2ccc(N=Nc3ccc(N=Nc4ccc(S(=O)(=O)O)cc4)cc3)c(C)c2)nc(NCCCNc2nc(Nc3ccc(N=Nc4ccc(N=Nc5ccccc5)cc4S(=O)(=O)O)c(C)c3)nc(Nc3ccc(N=Nc4ccc(N=Nc5ccc(S(=O)(=O)O)cc5)cc4)cc3CO)n2)n1. The van der Waals surface area contributed by atoms with E-state index < -0.39 is 56.9 Å². The first-order chi connectivity index (χ1) is 63.0. The molecule has 2 aromatic heterocycles. The summed E-state index contributed by atoms with van der Waals surface area (Å²) >= 11 is 0. The van der Waals surface area contributed by atoms with Gasteiger partial charge in [-0.05, 0) is 243 Å². The molecule has 0 aliphatic rings. The van der Waals surface area contributed by atoms with E-state index in [1.54, 1.807) is 159 Å². The Morgan fingerprint density at radius 2 is 0.672 bits per heavy atom. The maximum atomic E-state index is 12.7. The van der Waals surface area contributed by atoms with Crippen molar-refractivity contribution in [2.24, 2.45) is 81.8 Å². The first-order valence-corrected chi connectivity index (χ1v) is 44.9. The maximum Gasteiger partial charge on any atom is 0.296 e. The Morgan fingerprint density at radius 1 is 0.313 bits per heavy atom. The summed E-state index contributed by atoms with van der Waals surface area (Å²) in [7, 11) is -16.9. The molecule has 0 radical (unpaired) electrons. The molecule has 131 heavy (non-hydrogen) atoms. The fourth-order valence-electron chi connectivity index (χ4n) is 12.1. The molecule has 0 saturated carbocycles. The molecule has 14 aromatic rings. The van der Waals surface area contributed by atoms with Crippen LogP contribution in [0.4, 0.5) is 126 Å². The molecule has 0 amide bonds. The summed E-state index contributed by atoms with van der Waals surface area (Å²) in [5, 5.41) is 91.8.